The first kappa shape index (κ1) is 13.2. The summed E-state index contributed by atoms with van der Waals surface area (Å²) in [5.41, 5.74) is 1.92. The zero-order valence-electron chi connectivity index (χ0n) is 11.1. The normalized spacial score (nSPS) is 16.9. The molecule has 0 aliphatic heterocycles. The van der Waals surface area contributed by atoms with E-state index in [0.29, 0.717) is 12.6 Å². The van der Waals surface area contributed by atoms with Crippen molar-refractivity contribution in [3.05, 3.63) is 35.4 Å². The van der Waals surface area contributed by atoms with E-state index in [1.165, 1.54) is 0 Å². The summed E-state index contributed by atoms with van der Waals surface area (Å²) in [5.74, 6) is 0.148. The number of carbonyl (C=O) groups is 1. The highest BCUT2D eigenvalue weighted by Crippen LogP contribution is 2.29. The number of rotatable bonds is 6. The highest BCUT2D eigenvalue weighted by molar-refractivity contribution is 5.99. The monoisotopic (exact) mass is 247 g/mol. The van der Waals surface area contributed by atoms with E-state index in [1.807, 2.05) is 38.1 Å². The van der Waals surface area contributed by atoms with Crippen LogP contribution in [0.1, 0.15) is 35.7 Å². The van der Waals surface area contributed by atoms with Crippen LogP contribution in [0.25, 0.3) is 0 Å². The van der Waals surface area contributed by atoms with Gasteiger partial charge in [-0.2, -0.15) is 0 Å². The number of aryl methyl sites for hydroxylation is 1. The molecular weight excluding hydrogens is 226 g/mol. The Morgan fingerprint density at radius 2 is 2.00 bits per heavy atom. The molecule has 1 aliphatic carbocycles. The van der Waals surface area contributed by atoms with Crippen LogP contribution in [0.2, 0.25) is 0 Å². The Morgan fingerprint density at radius 3 is 2.50 bits per heavy atom. The van der Waals surface area contributed by atoms with Crippen molar-refractivity contribution in [1.82, 2.24) is 4.90 Å². The summed E-state index contributed by atoms with van der Waals surface area (Å²) < 4.78 is 0. The SMILES string of the molecule is Cc1ccc(C(=O)C(C)N(CCO)C2CC2)cc1. The molecule has 18 heavy (non-hydrogen) atoms. The standard InChI is InChI=1S/C15H21NO2/c1-11-3-5-13(6-4-11)15(18)12(2)16(9-10-17)14-7-8-14/h3-6,12,14,17H,7-10H2,1-2H3. The predicted molar refractivity (Wildman–Crippen MR) is 71.8 cm³/mol. The lowest BCUT2D eigenvalue weighted by Crippen LogP contribution is -2.42. The van der Waals surface area contributed by atoms with Gasteiger partial charge >= 0.3 is 0 Å². The summed E-state index contributed by atoms with van der Waals surface area (Å²) in [7, 11) is 0. The summed E-state index contributed by atoms with van der Waals surface area (Å²) in [6.45, 7) is 4.65. The van der Waals surface area contributed by atoms with Crippen LogP contribution < -0.4 is 0 Å². The maximum Gasteiger partial charge on any atom is 0.179 e. The summed E-state index contributed by atoms with van der Waals surface area (Å²) in [6, 6.07) is 8.05. The lowest BCUT2D eigenvalue weighted by atomic mass is 10.0. The number of Topliss-reactive ketones (excluding diaryl/α,β-unsaturated/α-hetero) is 1. The average molecular weight is 247 g/mol. The Balaban J connectivity index is 2.08. The van der Waals surface area contributed by atoms with Gasteiger partial charge in [-0.3, -0.25) is 9.69 Å². The average Bonchev–Trinajstić information content (AvgIpc) is 3.19. The number of ketones is 1. The first-order valence-corrected chi connectivity index (χ1v) is 6.61. The zero-order chi connectivity index (χ0) is 13.1. The van der Waals surface area contributed by atoms with Gasteiger partial charge in [0.2, 0.25) is 0 Å². The van der Waals surface area contributed by atoms with Crippen LogP contribution in [-0.2, 0) is 0 Å². The third kappa shape index (κ3) is 2.98. The Hall–Kier alpha value is -1.19. The molecule has 3 heteroatoms. The minimum atomic E-state index is -0.146. The molecule has 1 aliphatic rings. The summed E-state index contributed by atoms with van der Waals surface area (Å²) in [6.07, 6.45) is 2.29. The number of nitrogens with zero attached hydrogens (tertiary/aromatic N) is 1. The molecule has 2 rings (SSSR count). The van der Waals surface area contributed by atoms with Gasteiger partial charge in [-0.05, 0) is 26.7 Å². The quantitative estimate of drug-likeness (QED) is 0.782. The first-order valence-electron chi connectivity index (χ1n) is 6.61. The van der Waals surface area contributed by atoms with E-state index in [-0.39, 0.29) is 18.4 Å². The molecule has 1 unspecified atom stereocenters. The van der Waals surface area contributed by atoms with Gasteiger partial charge in [0, 0.05) is 18.2 Å². The van der Waals surface area contributed by atoms with Crippen LogP contribution in [0.15, 0.2) is 24.3 Å². The van der Waals surface area contributed by atoms with Gasteiger partial charge in [-0.15, -0.1) is 0 Å². The van der Waals surface area contributed by atoms with Crippen LogP contribution in [0.3, 0.4) is 0 Å². The van der Waals surface area contributed by atoms with Crippen LogP contribution in [0, 0.1) is 6.92 Å². The molecule has 1 atom stereocenters. The van der Waals surface area contributed by atoms with Crippen molar-refractivity contribution >= 4 is 5.78 Å². The molecule has 1 fully saturated rings. The molecule has 1 saturated carbocycles. The van der Waals surface area contributed by atoms with Gasteiger partial charge in [0.25, 0.3) is 0 Å². The van der Waals surface area contributed by atoms with E-state index < -0.39 is 0 Å². The molecule has 0 heterocycles. The van der Waals surface area contributed by atoms with Crippen molar-refractivity contribution in [2.45, 2.75) is 38.8 Å². The van der Waals surface area contributed by atoms with E-state index in [4.69, 9.17) is 5.11 Å². The number of benzene rings is 1. The maximum atomic E-state index is 12.4. The predicted octanol–water partition coefficient (Wildman–Crippen LogP) is 2.02. The molecular formula is C15H21NO2. The second-order valence-corrected chi connectivity index (χ2v) is 5.10. The Bertz CT molecular complexity index is 409. The Morgan fingerprint density at radius 1 is 1.39 bits per heavy atom. The number of hydrogen-bond acceptors (Lipinski definition) is 3. The molecule has 1 N–H and O–H groups in total. The third-order valence-electron chi connectivity index (χ3n) is 3.59. The van der Waals surface area contributed by atoms with Crippen LogP contribution in [-0.4, -0.2) is 41.0 Å². The number of carbonyl (C=O) groups excluding carboxylic acids is 1. The van der Waals surface area contributed by atoms with Gasteiger partial charge < -0.3 is 5.11 Å². The van der Waals surface area contributed by atoms with Crippen LogP contribution in [0.5, 0.6) is 0 Å². The lowest BCUT2D eigenvalue weighted by molar-refractivity contribution is 0.0793. The summed E-state index contributed by atoms with van der Waals surface area (Å²) in [4.78, 5) is 14.5. The van der Waals surface area contributed by atoms with Crippen molar-refractivity contribution in [2.75, 3.05) is 13.2 Å². The van der Waals surface area contributed by atoms with Crippen molar-refractivity contribution in [1.29, 1.82) is 0 Å². The highest BCUT2D eigenvalue weighted by Gasteiger charge is 2.34. The van der Waals surface area contributed by atoms with Gasteiger partial charge in [-0.1, -0.05) is 29.8 Å². The van der Waals surface area contributed by atoms with E-state index in [9.17, 15) is 4.79 Å². The van der Waals surface area contributed by atoms with E-state index in [2.05, 4.69) is 4.90 Å². The lowest BCUT2D eigenvalue weighted by Gasteiger charge is -2.27. The molecule has 3 nitrogen and oxygen atoms in total. The topological polar surface area (TPSA) is 40.5 Å². The minimum absolute atomic E-state index is 0.113. The van der Waals surface area contributed by atoms with Crippen molar-refractivity contribution in [2.24, 2.45) is 0 Å². The fraction of sp³-hybridized carbons (Fsp3) is 0.533. The van der Waals surface area contributed by atoms with Gasteiger partial charge in [0.05, 0.1) is 12.6 Å². The summed E-state index contributed by atoms with van der Waals surface area (Å²) >= 11 is 0. The number of hydrogen-bond donors (Lipinski definition) is 1. The molecule has 1 aromatic carbocycles. The van der Waals surface area contributed by atoms with Crippen molar-refractivity contribution < 1.29 is 9.90 Å². The van der Waals surface area contributed by atoms with E-state index in [1.54, 1.807) is 0 Å². The fourth-order valence-electron chi connectivity index (χ4n) is 2.32. The third-order valence-corrected chi connectivity index (χ3v) is 3.59. The molecule has 0 spiro atoms. The number of aliphatic hydroxyl groups excluding tert-OH is 1. The second kappa shape index (κ2) is 5.63. The second-order valence-electron chi connectivity index (χ2n) is 5.10. The molecule has 0 amide bonds. The van der Waals surface area contributed by atoms with E-state index >= 15 is 0 Å². The molecule has 0 saturated heterocycles. The molecule has 98 valence electrons. The van der Waals surface area contributed by atoms with Gasteiger partial charge in [0.1, 0.15) is 0 Å². The van der Waals surface area contributed by atoms with E-state index in [0.717, 1.165) is 24.0 Å². The van der Waals surface area contributed by atoms with Crippen molar-refractivity contribution in [3.63, 3.8) is 0 Å². The fourth-order valence-corrected chi connectivity index (χ4v) is 2.32. The zero-order valence-corrected chi connectivity index (χ0v) is 11.1. The van der Waals surface area contributed by atoms with Gasteiger partial charge in [0.15, 0.2) is 5.78 Å². The van der Waals surface area contributed by atoms with Gasteiger partial charge in [-0.25, -0.2) is 0 Å². The Kier molecular flexibility index (Phi) is 4.15. The first-order chi connectivity index (χ1) is 8.63. The molecule has 0 aromatic heterocycles. The smallest absolute Gasteiger partial charge is 0.179 e. The molecule has 1 aromatic rings. The highest BCUT2D eigenvalue weighted by atomic mass is 16.3. The molecule has 0 bridgehead atoms. The Labute approximate surface area is 108 Å². The van der Waals surface area contributed by atoms with Crippen LogP contribution in [0.4, 0.5) is 0 Å². The molecule has 0 radical (unpaired) electrons. The van der Waals surface area contributed by atoms with Crippen molar-refractivity contribution in [3.8, 4) is 0 Å². The number of aliphatic hydroxyl groups is 1. The van der Waals surface area contributed by atoms with Crippen LogP contribution >= 0.6 is 0 Å². The maximum absolute atomic E-state index is 12.4. The minimum Gasteiger partial charge on any atom is -0.395 e. The summed E-state index contributed by atoms with van der Waals surface area (Å²) in [5, 5.41) is 9.10. The largest absolute Gasteiger partial charge is 0.395 e.